The van der Waals surface area contributed by atoms with E-state index in [0.29, 0.717) is 0 Å². The zero-order valence-corrected chi connectivity index (χ0v) is 11.7. The molecule has 0 fully saturated rings. The van der Waals surface area contributed by atoms with Crippen molar-refractivity contribution in [3.8, 4) is 0 Å². The molecule has 1 aromatic carbocycles. The van der Waals surface area contributed by atoms with E-state index in [-0.39, 0.29) is 16.9 Å². The first kappa shape index (κ1) is 13.5. The third-order valence-corrected chi connectivity index (χ3v) is 4.09. The zero-order chi connectivity index (χ0) is 13.0. The third-order valence-electron chi connectivity index (χ3n) is 2.79. The first-order valence-corrected chi connectivity index (χ1v) is 7.17. The monoisotopic (exact) mass is 283 g/mol. The van der Waals surface area contributed by atoms with E-state index in [1.807, 2.05) is 24.4 Å². The van der Waals surface area contributed by atoms with E-state index in [9.17, 15) is 4.39 Å². The minimum atomic E-state index is -0.358. The molecule has 96 valence electrons. The first-order valence-electron chi connectivity index (χ1n) is 5.92. The van der Waals surface area contributed by atoms with Crippen molar-refractivity contribution in [1.29, 1.82) is 0 Å². The lowest BCUT2D eigenvalue weighted by molar-refractivity contribution is 0.546. The van der Waals surface area contributed by atoms with E-state index in [1.165, 1.54) is 10.9 Å². The molecule has 18 heavy (non-hydrogen) atoms. The van der Waals surface area contributed by atoms with Gasteiger partial charge in [0, 0.05) is 17.3 Å². The summed E-state index contributed by atoms with van der Waals surface area (Å²) in [4.78, 5) is 1.27. The number of hydrogen-bond acceptors (Lipinski definition) is 2. The Labute approximate surface area is 116 Å². The fourth-order valence-corrected chi connectivity index (χ4v) is 2.97. The molecule has 0 amide bonds. The van der Waals surface area contributed by atoms with E-state index in [0.717, 1.165) is 18.5 Å². The van der Waals surface area contributed by atoms with Gasteiger partial charge in [-0.05, 0) is 29.6 Å². The molecule has 1 nitrogen and oxygen atoms in total. The molecule has 0 saturated carbocycles. The Morgan fingerprint density at radius 3 is 2.83 bits per heavy atom. The SMILES string of the molecule is CCNC(Cc1cccs1)c1cccc(F)c1Cl. The van der Waals surface area contributed by atoms with E-state index >= 15 is 0 Å². The number of hydrogen-bond donors (Lipinski definition) is 1. The number of nitrogens with one attached hydrogen (secondary N) is 1. The van der Waals surface area contributed by atoms with Gasteiger partial charge in [-0.15, -0.1) is 11.3 Å². The number of rotatable bonds is 5. The van der Waals surface area contributed by atoms with Crippen LogP contribution in [0.4, 0.5) is 4.39 Å². The quantitative estimate of drug-likeness (QED) is 0.856. The Morgan fingerprint density at radius 2 is 2.17 bits per heavy atom. The van der Waals surface area contributed by atoms with Crippen LogP contribution >= 0.6 is 22.9 Å². The summed E-state index contributed by atoms with van der Waals surface area (Å²) in [5, 5.41) is 5.63. The van der Waals surface area contributed by atoms with Crippen molar-refractivity contribution in [2.24, 2.45) is 0 Å². The number of likely N-dealkylation sites (N-methyl/N-ethyl adjacent to an activating group) is 1. The Hall–Kier alpha value is -0.900. The van der Waals surface area contributed by atoms with Crippen LogP contribution in [0, 0.1) is 5.82 Å². The largest absolute Gasteiger partial charge is 0.310 e. The smallest absolute Gasteiger partial charge is 0.142 e. The summed E-state index contributed by atoms with van der Waals surface area (Å²) >= 11 is 7.76. The summed E-state index contributed by atoms with van der Waals surface area (Å²) in [6.07, 6.45) is 0.828. The van der Waals surface area contributed by atoms with Gasteiger partial charge in [0.05, 0.1) is 5.02 Å². The molecule has 1 atom stereocenters. The van der Waals surface area contributed by atoms with E-state index in [1.54, 1.807) is 17.4 Å². The van der Waals surface area contributed by atoms with Gasteiger partial charge in [0.25, 0.3) is 0 Å². The summed E-state index contributed by atoms with van der Waals surface area (Å²) in [6.45, 7) is 2.86. The van der Waals surface area contributed by atoms with Crippen LogP contribution in [-0.4, -0.2) is 6.54 Å². The lowest BCUT2D eigenvalue weighted by Crippen LogP contribution is -2.23. The van der Waals surface area contributed by atoms with Gasteiger partial charge in [-0.25, -0.2) is 4.39 Å². The minimum Gasteiger partial charge on any atom is -0.310 e. The molecule has 1 unspecified atom stereocenters. The molecule has 0 aliphatic carbocycles. The molecule has 0 saturated heterocycles. The molecule has 0 bridgehead atoms. The topological polar surface area (TPSA) is 12.0 Å². The van der Waals surface area contributed by atoms with E-state index in [2.05, 4.69) is 11.4 Å². The summed E-state index contributed by atoms with van der Waals surface area (Å²) in [7, 11) is 0. The highest BCUT2D eigenvalue weighted by molar-refractivity contribution is 7.09. The molecule has 1 heterocycles. The van der Waals surface area contributed by atoms with Gasteiger partial charge in [0.15, 0.2) is 0 Å². The van der Waals surface area contributed by atoms with Gasteiger partial charge in [0.2, 0.25) is 0 Å². The highest BCUT2D eigenvalue weighted by atomic mass is 35.5. The van der Waals surface area contributed by atoms with Crippen molar-refractivity contribution in [3.05, 3.63) is 57.0 Å². The molecule has 1 N–H and O–H groups in total. The molecule has 2 aromatic rings. The van der Waals surface area contributed by atoms with Crippen molar-refractivity contribution < 1.29 is 4.39 Å². The van der Waals surface area contributed by atoms with Crippen molar-refractivity contribution >= 4 is 22.9 Å². The lowest BCUT2D eigenvalue weighted by Gasteiger charge is -2.19. The van der Waals surface area contributed by atoms with Gasteiger partial charge in [-0.1, -0.05) is 36.7 Å². The van der Waals surface area contributed by atoms with Crippen molar-refractivity contribution in [2.75, 3.05) is 6.54 Å². The van der Waals surface area contributed by atoms with Crippen LogP contribution < -0.4 is 5.32 Å². The predicted molar refractivity (Wildman–Crippen MR) is 75.9 cm³/mol. The van der Waals surface area contributed by atoms with Crippen molar-refractivity contribution in [2.45, 2.75) is 19.4 Å². The second-order valence-electron chi connectivity index (χ2n) is 4.04. The number of thiophene rings is 1. The van der Waals surface area contributed by atoms with Crippen LogP contribution in [0.5, 0.6) is 0 Å². The summed E-state index contributed by atoms with van der Waals surface area (Å²) in [5.74, 6) is -0.358. The van der Waals surface area contributed by atoms with Crippen LogP contribution in [0.15, 0.2) is 35.7 Å². The van der Waals surface area contributed by atoms with Gasteiger partial charge in [-0.2, -0.15) is 0 Å². The molecular formula is C14H15ClFNS. The lowest BCUT2D eigenvalue weighted by atomic mass is 10.0. The van der Waals surface area contributed by atoms with Crippen LogP contribution in [-0.2, 0) is 6.42 Å². The number of benzene rings is 1. The van der Waals surface area contributed by atoms with Gasteiger partial charge in [0.1, 0.15) is 5.82 Å². The normalized spacial score (nSPS) is 12.6. The predicted octanol–water partition coefficient (Wildman–Crippen LogP) is 4.43. The summed E-state index contributed by atoms with van der Waals surface area (Å²) in [5.41, 5.74) is 0.826. The van der Waals surface area contributed by atoms with Crippen molar-refractivity contribution in [1.82, 2.24) is 5.32 Å². The summed E-state index contributed by atoms with van der Waals surface area (Å²) < 4.78 is 13.5. The highest BCUT2D eigenvalue weighted by Gasteiger charge is 2.16. The van der Waals surface area contributed by atoms with Gasteiger partial charge < -0.3 is 5.32 Å². The van der Waals surface area contributed by atoms with Crippen molar-refractivity contribution in [3.63, 3.8) is 0 Å². The Morgan fingerprint density at radius 1 is 1.33 bits per heavy atom. The Bertz CT molecular complexity index is 499. The zero-order valence-electron chi connectivity index (χ0n) is 10.1. The maximum absolute atomic E-state index is 13.5. The molecule has 0 aliphatic rings. The molecule has 0 radical (unpaired) electrons. The summed E-state index contributed by atoms with van der Waals surface area (Å²) in [6, 6.07) is 9.14. The van der Waals surface area contributed by atoms with Gasteiger partial charge in [-0.3, -0.25) is 0 Å². The molecule has 1 aromatic heterocycles. The minimum absolute atomic E-state index is 0.0526. The molecule has 2 rings (SSSR count). The average molecular weight is 284 g/mol. The Kier molecular flexibility index (Phi) is 4.75. The number of halogens is 2. The molecule has 0 aliphatic heterocycles. The molecule has 0 spiro atoms. The van der Waals surface area contributed by atoms with Crippen LogP contribution in [0.25, 0.3) is 0 Å². The fraction of sp³-hybridized carbons (Fsp3) is 0.286. The highest BCUT2D eigenvalue weighted by Crippen LogP contribution is 2.28. The maximum atomic E-state index is 13.5. The second-order valence-corrected chi connectivity index (χ2v) is 5.45. The molecular weight excluding hydrogens is 269 g/mol. The first-order chi connectivity index (χ1) is 8.72. The third kappa shape index (κ3) is 3.10. The maximum Gasteiger partial charge on any atom is 0.142 e. The van der Waals surface area contributed by atoms with E-state index in [4.69, 9.17) is 11.6 Å². The second kappa shape index (κ2) is 6.32. The average Bonchev–Trinajstić information content (AvgIpc) is 2.85. The Balaban J connectivity index is 2.26. The van der Waals surface area contributed by atoms with Crippen LogP contribution in [0.3, 0.4) is 0 Å². The van der Waals surface area contributed by atoms with Gasteiger partial charge >= 0.3 is 0 Å². The molecule has 4 heteroatoms. The fourth-order valence-electron chi connectivity index (χ4n) is 1.96. The van der Waals surface area contributed by atoms with Crippen LogP contribution in [0.1, 0.15) is 23.4 Å². The standard InChI is InChI=1S/C14H15ClFNS/c1-2-17-13(9-10-5-4-8-18-10)11-6-3-7-12(16)14(11)15/h3-8,13,17H,2,9H2,1H3. The van der Waals surface area contributed by atoms with Crippen LogP contribution in [0.2, 0.25) is 5.02 Å². The van der Waals surface area contributed by atoms with E-state index < -0.39 is 0 Å².